The van der Waals surface area contributed by atoms with E-state index in [-0.39, 0.29) is 31.7 Å². The zero-order chi connectivity index (χ0) is 18.4. The lowest BCUT2D eigenvalue weighted by atomic mass is 9.97. The van der Waals surface area contributed by atoms with E-state index in [4.69, 9.17) is 0 Å². The van der Waals surface area contributed by atoms with Crippen LogP contribution in [0.5, 0.6) is 0 Å². The first-order valence-electron chi connectivity index (χ1n) is 8.03. The number of rotatable bonds is 1. The average Bonchev–Trinajstić information content (AvgIpc) is 3.03. The molecule has 2 heterocycles. The number of benzene rings is 1. The van der Waals surface area contributed by atoms with E-state index in [2.05, 4.69) is 0 Å². The number of carbonyl (C=O) groups is 3. The van der Waals surface area contributed by atoms with Gasteiger partial charge in [0.1, 0.15) is 6.04 Å². The number of carbonyl (C=O) groups excluding carboxylic acids is 3. The molecule has 5 nitrogen and oxygen atoms in total. The van der Waals surface area contributed by atoms with Gasteiger partial charge in [0.05, 0.1) is 5.69 Å². The molecule has 0 radical (unpaired) electrons. The first-order chi connectivity index (χ1) is 11.7. The molecule has 0 saturated carbocycles. The van der Waals surface area contributed by atoms with Crippen molar-refractivity contribution in [1.82, 2.24) is 4.90 Å². The molecule has 25 heavy (non-hydrogen) atoms. The summed E-state index contributed by atoms with van der Waals surface area (Å²) in [6.07, 6.45) is -4.37. The maximum Gasteiger partial charge on any atom is 0.471 e. The normalized spacial score (nSPS) is 20.6. The van der Waals surface area contributed by atoms with Gasteiger partial charge in [-0.3, -0.25) is 14.4 Å². The Balaban J connectivity index is 1.90. The minimum Gasteiger partial charge on any atom is -0.323 e. The van der Waals surface area contributed by atoms with Gasteiger partial charge in [0, 0.05) is 25.1 Å². The number of alkyl halides is 3. The number of hydrogen-bond acceptors (Lipinski definition) is 3. The molecule has 1 aromatic rings. The number of ketones is 1. The van der Waals surface area contributed by atoms with Crippen molar-refractivity contribution in [2.45, 2.75) is 38.4 Å². The van der Waals surface area contributed by atoms with Crippen molar-refractivity contribution in [2.24, 2.45) is 0 Å². The Bertz CT molecular complexity index is 745. The van der Waals surface area contributed by atoms with Crippen molar-refractivity contribution in [3.05, 3.63) is 29.3 Å². The Morgan fingerprint density at radius 2 is 1.92 bits per heavy atom. The smallest absolute Gasteiger partial charge is 0.323 e. The van der Waals surface area contributed by atoms with Gasteiger partial charge in [-0.2, -0.15) is 13.2 Å². The van der Waals surface area contributed by atoms with Gasteiger partial charge in [0.25, 0.3) is 0 Å². The molecule has 0 aromatic heterocycles. The van der Waals surface area contributed by atoms with Crippen LogP contribution in [0.15, 0.2) is 18.2 Å². The molecule has 0 N–H and O–H groups in total. The molecule has 1 unspecified atom stereocenters. The summed E-state index contributed by atoms with van der Waals surface area (Å²) in [7, 11) is 0. The zero-order valence-electron chi connectivity index (χ0n) is 13.6. The van der Waals surface area contributed by atoms with E-state index in [9.17, 15) is 27.6 Å². The minimum atomic E-state index is -5.00. The predicted molar refractivity (Wildman–Crippen MR) is 83.3 cm³/mol. The third-order valence-corrected chi connectivity index (χ3v) is 4.61. The maximum atomic E-state index is 12.8. The molecule has 3 rings (SSSR count). The third-order valence-electron chi connectivity index (χ3n) is 4.61. The van der Waals surface area contributed by atoms with Crippen molar-refractivity contribution < 1.29 is 27.6 Å². The number of amides is 2. The highest BCUT2D eigenvalue weighted by atomic mass is 19.4. The molecule has 2 amide bonds. The summed E-state index contributed by atoms with van der Waals surface area (Å²) in [5.41, 5.74) is 1.65. The topological polar surface area (TPSA) is 57.7 Å². The van der Waals surface area contributed by atoms with E-state index in [0.29, 0.717) is 22.6 Å². The fourth-order valence-corrected chi connectivity index (χ4v) is 3.42. The molecule has 0 spiro atoms. The number of aryl methyl sites for hydroxylation is 1. The number of hydrogen-bond donors (Lipinski definition) is 0. The second-order valence-corrected chi connectivity index (χ2v) is 6.34. The van der Waals surface area contributed by atoms with Crippen LogP contribution in [0, 0.1) is 6.92 Å². The van der Waals surface area contributed by atoms with Crippen LogP contribution < -0.4 is 4.90 Å². The second kappa shape index (κ2) is 6.16. The molecule has 1 aromatic carbocycles. The van der Waals surface area contributed by atoms with E-state index < -0.39 is 24.0 Å². The number of likely N-dealkylation sites (tertiary alicyclic amines) is 1. The Kier molecular flexibility index (Phi) is 4.30. The monoisotopic (exact) mass is 354 g/mol. The Morgan fingerprint density at radius 1 is 1.20 bits per heavy atom. The SMILES string of the molecule is Cc1ccc2c(c1)C(=O)CCN2C(=O)C1CCCN1C(=O)C(F)(F)F. The molecule has 134 valence electrons. The van der Waals surface area contributed by atoms with Crippen molar-refractivity contribution >= 4 is 23.3 Å². The van der Waals surface area contributed by atoms with Crippen molar-refractivity contribution in [1.29, 1.82) is 0 Å². The highest BCUT2D eigenvalue weighted by Crippen LogP contribution is 2.32. The Morgan fingerprint density at radius 3 is 2.60 bits per heavy atom. The Hall–Kier alpha value is -2.38. The first kappa shape index (κ1) is 17.4. The second-order valence-electron chi connectivity index (χ2n) is 6.34. The van der Waals surface area contributed by atoms with E-state index in [1.807, 2.05) is 6.92 Å². The van der Waals surface area contributed by atoms with Crippen LogP contribution in [0.2, 0.25) is 0 Å². The quantitative estimate of drug-likeness (QED) is 0.779. The zero-order valence-corrected chi connectivity index (χ0v) is 13.6. The molecule has 1 saturated heterocycles. The summed E-state index contributed by atoms with van der Waals surface area (Å²) in [6.45, 7) is 1.83. The van der Waals surface area contributed by atoms with E-state index >= 15 is 0 Å². The number of halogens is 3. The van der Waals surface area contributed by atoms with Gasteiger partial charge in [0.15, 0.2) is 5.78 Å². The molecule has 0 aliphatic carbocycles. The summed E-state index contributed by atoms with van der Waals surface area (Å²) in [6, 6.07) is 3.90. The fourth-order valence-electron chi connectivity index (χ4n) is 3.42. The standard InChI is InChI=1S/C17H17F3N2O3/c1-10-4-5-12-11(9-10)14(23)6-8-21(12)15(24)13-3-2-7-22(13)16(25)17(18,19)20/h4-5,9,13H,2-3,6-8H2,1H3. The van der Waals surface area contributed by atoms with E-state index in [0.717, 1.165) is 5.56 Å². The molecule has 0 bridgehead atoms. The van der Waals surface area contributed by atoms with Gasteiger partial charge in [-0.15, -0.1) is 0 Å². The van der Waals surface area contributed by atoms with Gasteiger partial charge in [-0.25, -0.2) is 0 Å². The van der Waals surface area contributed by atoms with Crippen LogP contribution in [0.3, 0.4) is 0 Å². The summed E-state index contributed by atoms with van der Waals surface area (Å²) in [4.78, 5) is 38.5. The van der Waals surface area contributed by atoms with Crippen LogP contribution >= 0.6 is 0 Å². The maximum absolute atomic E-state index is 12.8. The molecular formula is C17H17F3N2O3. The molecule has 1 fully saturated rings. The van der Waals surface area contributed by atoms with Crippen LogP contribution in [0.25, 0.3) is 0 Å². The van der Waals surface area contributed by atoms with E-state index in [1.165, 1.54) is 4.90 Å². The molecule has 2 aliphatic rings. The lowest BCUT2D eigenvalue weighted by Gasteiger charge is -2.33. The number of nitrogens with zero attached hydrogens (tertiary/aromatic N) is 2. The minimum absolute atomic E-state index is 0.0950. The summed E-state index contributed by atoms with van der Waals surface area (Å²) < 4.78 is 38.3. The number of fused-ring (bicyclic) bond motifs is 1. The van der Waals surface area contributed by atoms with Crippen LogP contribution in [-0.4, -0.2) is 47.8 Å². The van der Waals surface area contributed by atoms with Crippen LogP contribution in [0.4, 0.5) is 18.9 Å². The highest BCUT2D eigenvalue weighted by Gasteiger charge is 2.48. The highest BCUT2D eigenvalue weighted by molar-refractivity contribution is 6.10. The van der Waals surface area contributed by atoms with Crippen molar-refractivity contribution in [3.63, 3.8) is 0 Å². The fraction of sp³-hybridized carbons (Fsp3) is 0.471. The van der Waals surface area contributed by atoms with Crippen molar-refractivity contribution in [3.8, 4) is 0 Å². The Labute approximate surface area is 142 Å². The lowest BCUT2D eigenvalue weighted by molar-refractivity contribution is -0.186. The molecule has 2 aliphatic heterocycles. The number of Topliss-reactive ketones (excluding diaryl/α,β-unsaturated/α-hetero) is 1. The largest absolute Gasteiger partial charge is 0.471 e. The third kappa shape index (κ3) is 3.12. The predicted octanol–water partition coefficient (Wildman–Crippen LogP) is 2.47. The summed E-state index contributed by atoms with van der Waals surface area (Å²) in [5, 5.41) is 0. The van der Waals surface area contributed by atoms with Gasteiger partial charge in [-0.1, -0.05) is 11.6 Å². The molecular weight excluding hydrogens is 337 g/mol. The van der Waals surface area contributed by atoms with Crippen LogP contribution in [-0.2, 0) is 9.59 Å². The number of anilines is 1. The van der Waals surface area contributed by atoms with Gasteiger partial charge >= 0.3 is 12.1 Å². The van der Waals surface area contributed by atoms with Gasteiger partial charge < -0.3 is 9.80 Å². The van der Waals surface area contributed by atoms with Crippen molar-refractivity contribution in [2.75, 3.05) is 18.0 Å². The first-order valence-corrected chi connectivity index (χ1v) is 8.03. The van der Waals surface area contributed by atoms with E-state index in [1.54, 1.807) is 18.2 Å². The summed E-state index contributed by atoms with van der Waals surface area (Å²) in [5.74, 6) is -2.65. The van der Waals surface area contributed by atoms with Crippen LogP contribution in [0.1, 0.15) is 35.2 Å². The lowest BCUT2D eigenvalue weighted by Crippen LogP contribution is -2.52. The molecule has 1 atom stereocenters. The summed E-state index contributed by atoms with van der Waals surface area (Å²) >= 11 is 0. The van der Waals surface area contributed by atoms with Gasteiger partial charge in [-0.05, 0) is 31.9 Å². The average molecular weight is 354 g/mol. The van der Waals surface area contributed by atoms with Gasteiger partial charge in [0.2, 0.25) is 5.91 Å². The molecule has 8 heteroatoms.